The van der Waals surface area contributed by atoms with Crippen molar-refractivity contribution in [2.45, 2.75) is 0 Å². The Morgan fingerprint density at radius 3 is 2.20 bits per heavy atom. The summed E-state index contributed by atoms with van der Waals surface area (Å²) in [6.45, 7) is 0. The predicted molar refractivity (Wildman–Crippen MR) is 42.4 cm³/mol. The minimum absolute atomic E-state index is 0.517. The fourth-order valence-electron chi connectivity index (χ4n) is 0.551. The Bertz CT molecular complexity index is 244. The zero-order valence-electron chi connectivity index (χ0n) is 4.95. The Balaban J connectivity index is 3.00. The van der Waals surface area contributed by atoms with Crippen molar-refractivity contribution in [3.05, 3.63) is 28.7 Å². The van der Waals surface area contributed by atoms with Gasteiger partial charge < -0.3 is 0 Å². The van der Waals surface area contributed by atoms with Crippen LogP contribution in [0.3, 0.4) is 0 Å². The first kappa shape index (κ1) is 8.08. The van der Waals surface area contributed by atoms with E-state index in [1.165, 1.54) is 0 Å². The van der Waals surface area contributed by atoms with Crippen molar-refractivity contribution in [1.29, 1.82) is 0 Å². The van der Waals surface area contributed by atoms with Crippen LogP contribution >= 0.6 is 15.9 Å². The van der Waals surface area contributed by atoms with Gasteiger partial charge in [0, 0.05) is 0 Å². The van der Waals surface area contributed by atoms with Crippen LogP contribution in [0.15, 0.2) is 28.7 Å². The van der Waals surface area contributed by atoms with Crippen molar-refractivity contribution < 1.29 is 8.02 Å². The van der Waals surface area contributed by atoms with E-state index in [2.05, 4.69) is 15.9 Å². The van der Waals surface area contributed by atoms with Gasteiger partial charge in [0.05, 0.1) is 0 Å². The summed E-state index contributed by atoms with van der Waals surface area (Å²) in [6, 6.07) is 6.78. The zero-order chi connectivity index (χ0) is 7.56. The molecule has 0 saturated carbocycles. The molecule has 0 amide bonds. The maximum absolute atomic E-state index is 10.5. The molecule has 4 heteroatoms. The van der Waals surface area contributed by atoms with E-state index < -0.39 is 14.2 Å². The first-order valence-electron chi connectivity index (χ1n) is 2.56. The molecule has 54 valence electrons. The van der Waals surface area contributed by atoms with Gasteiger partial charge in [-0.3, -0.25) is 0 Å². The molecule has 0 aliphatic heterocycles. The van der Waals surface area contributed by atoms with E-state index in [0.717, 1.165) is 4.47 Å². The quantitative estimate of drug-likeness (QED) is 0.756. The van der Waals surface area contributed by atoms with Crippen LogP contribution in [-0.4, -0.2) is 18.4 Å². The monoisotopic (exact) mass is 268 g/mol. The molecule has 10 heavy (non-hydrogen) atoms. The van der Waals surface area contributed by atoms with Crippen LogP contribution in [0.4, 0.5) is 0 Å². The summed E-state index contributed by atoms with van der Waals surface area (Å²) in [5, 5.41) is 0. The summed E-state index contributed by atoms with van der Waals surface area (Å²) >= 11 is 0.525. The Labute approximate surface area is 71.4 Å². The summed E-state index contributed by atoms with van der Waals surface area (Å²) in [6.07, 6.45) is 0. The molecule has 1 aromatic carbocycles. The SMILES string of the molecule is O=[Se](O)c1ccc(Br)cc1. The Morgan fingerprint density at radius 2 is 1.80 bits per heavy atom. The Hall–Kier alpha value is -0.0205. The molecular formula is C6H5BrO2Se. The van der Waals surface area contributed by atoms with Crippen LogP contribution < -0.4 is 4.46 Å². The average molecular weight is 268 g/mol. The molecule has 0 fully saturated rings. The Kier molecular flexibility index (Phi) is 2.74. The molecule has 0 bridgehead atoms. The van der Waals surface area contributed by atoms with Gasteiger partial charge in [-0.2, -0.15) is 0 Å². The molecular weight excluding hydrogens is 263 g/mol. The summed E-state index contributed by atoms with van der Waals surface area (Å²) in [5.41, 5.74) is 0. The van der Waals surface area contributed by atoms with Crippen molar-refractivity contribution in [3.8, 4) is 0 Å². The van der Waals surface area contributed by atoms with Crippen LogP contribution in [0.1, 0.15) is 0 Å². The second-order valence-electron chi connectivity index (χ2n) is 1.70. The molecule has 0 aliphatic carbocycles. The summed E-state index contributed by atoms with van der Waals surface area (Å²) in [4.78, 5) is 0. The van der Waals surface area contributed by atoms with Crippen LogP contribution in [0, 0.1) is 0 Å². The van der Waals surface area contributed by atoms with Crippen molar-refractivity contribution in [1.82, 2.24) is 0 Å². The van der Waals surface area contributed by atoms with Gasteiger partial charge >= 0.3 is 71.3 Å². The molecule has 1 aromatic rings. The third-order valence-electron chi connectivity index (χ3n) is 1.02. The van der Waals surface area contributed by atoms with Crippen LogP contribution in [0.25, 0.3) is 0 Å². The van der Waals surface area contributed by atoms with Gasteiger partial charge in [-0.05, 0) is 0 Å². The second-order valence-corrected chi connectivity index (χ2v) is 4.65. The molecule has 1 N–H and O–H groups in total. The zero-order valence-corrected chi connectivity index (χ0v) is 8.25. The normalized spacial score (nSPS) is 13.0. The van der Waals surface area contributed by atoms with Crippen molar-refractivity contribution in [2.75, 3.05) is 0 Å². The maximum atomic E-state index is 10.5. The summed E-state index contributed by atoms with van der Waals surface area (Å²) in [5.74, 6) is 0. The minimum atomic E-state index is -2.70. The molecule has 1 unspecified atom stereocenters. The molecule has 0 spiro atoms. The van der Waals surface area contributed by atoms with E-state index in [1.54, 1.807) is 24.3 Å². The first-order valence-corrected chi connectivity index (χ1v) is 5.68. The van der Waals surface area contributed by atoms with Gasteiger partial charge in [-0.1, -0.05) is 0 Å². The summed E-state index contributed by atoms with van der Waals surface area (Å²) < 4.78 is 20.6. The fraction of sp³-hybridized carbons (Fsp3) is 0. The van der Waals surface area contributed by atoms with Crippen molar-refractivity contribution in [2.24, 2.45) is 0 Å². The van der Waals surface area contributed by atoms with Gasteiger partial charge in [0.1, 0.15) is 0 Å². The van der Waals surface area contributed by atoms with E-state index >= 15 is 0 Å². The van der Waals surface area contributed by atoms with E-state index in [9.17, 15) is 3.83 Å². The molecule has 0 heterocycles. The molecule has 0 radical (unpaired) electrons. The first-order chi connectivity index (χ1) is 4.70. The van der Waals surface area contributed by atoms with Crippen LogP contribution in [0.2, 0.25) is 0 Å². The van der Waals surface area contributed by atoms with Crippen molar-refractivity contribution >= 4 is 34.6 Å². The molecule has 1 rings (SSSR count). The van der Waals surface area contributed by atoms with Gasteiger partial charge in [0.15, 0.2) is 0 Å². The number of halogens is 1. The van der Waals surface area contributed by atoms with E-state index in [-0.39, 0.29) is 0 Å². The van der Waals surface area contributed by atoms with Crippen LogP contribution in [0.5, 0.6) is 0 Å². The molecule has 0 aliphatic rings. The summed E-state index contributed by atoms with van der Waals surface area (Å²) in [7, 11) is 0. The van der Waals surface area contributed by atoms with E-state index in [0.29, 0.717) is 4.46 Å². The van der Waals surface area contributed by atoms with Gasteiger partial charge in [-0.15, -0.1) is 0 Å². The predicted octanol–water partition coefficient (Wildman–Crippen LogP) is 0.567. The standard InChI is InChI=1S/C6H5BrO2Se/c7-5-1-3-6(4-2-5)10(8)9/h1-4H,(H,8,9). The third-order valence-corrected chi connectivity index (χ3v) is 2.96. The molecule has 1 atom stereocenters. The van der Waals surface area contributed by atoms with E-state index in [4.69, 9.17) is 4.19 Å². The average Bonchev–Trinajstić information content (AvgIpc) is 1.88. The third kappa shape index (κ3) is 1.99. The topological polar surface area (TPSA) is 37.3 Å². The number of benzene rings is 1. The molecule has 0 aromatic heterocycles. The molecule has 2 nitrogen and oxygen atoms in total. The van der Waals surface area contributed by atoms with Gasteiger partial charge in [0.2, 0.25) is 0 Å². The fourth-order valence-corrected chi connectivity index (χ4v) is 1.59. The number of hydrogen-bond donors (Lipinski definition) is 1. The number of hydrogen-bond acceptors (Lipinski definition) is 1. The van der Waals surface area contributed by atoms with Gasteiger partial charge in [-0.25, -0.2) is 0 Å². The Morgan fingerprint density at radius 1 is 1.30 bits per heavy atom. The molecule has 0 saturated heterocycles. The number of rotatable bonds is 1. The van der Waals surface area contributed by atoms with Crippen molar-refractivity contribution in [3.63, 3.8) is 0 Å². The second kappa shape index (κ2) is 3.39. The van der Waals surface area contributed by atoms with Crippen LogP contribution in [-0.2, 0) is 3.83 Å². The van der Waals surface area contributed by atoms with Gasteiger partial charge in [0.25, 0.3) is 0 Å². The van der Waals surface area contributed by atoms with E-state index in [1.807, 2.05) is 0 Å².